The van der Waals surface area contributed by atoms with Crippen LogP contribution in [-0.2, 0) is 11.2 Å². The molecule has 0 atom stereocenters. The van der Waals surface area contributed by atoms with Gasteiger partial charge in [0.2, 0.25) is 5.91 Å². The Bertz CT molecular complexity index is 763. The molecule has 6 heteroatoms. The van der Waals surface area contributed by atoms with Crippen LogP contribution in [0.3, 0.4) is 0 Å². The van der Waals surface area contributed by atoms with Gasteiger partial charge in [-0.3, -0.25) is 20.4 Å². The first kappa shape index (κ1) is 21.0. The fourth-order valence-corrected chi connectivity index (χ4v) is 2.82. The van der Waals surface area contributed by atoms with Crippen LogP contribution in [0.5, 0.6) is 5.75 Å². The molecule has 2 aromatic carbocycles. The normalized spacial score (nSPS) is 10.5. The van der Waals surface area contributed by atoms with E-state index in [1.807, 2.05) is 30.3 Å². The van der Waals surface area contributed by atoms with Crippen molar-refractivity contribution >= 4 is 27.7 Å². The molecule has 0 spiro atoms. The molecule has 0 unspecified atom stereocenters. The largest absolute Gasteiger partial charge is 0.492 e. The maximum Gasteiger partial charge on any atom is 0.269 e. The number of amides is 2. The number of hydrogen-bond acceptors (Lipinski definition) is 3. The van der Waals surface area contributed by atoms with Gasteiger partial charge in [0.05, 0.1) is 11.1 Å². The predicted octanol–water partition coefficient (Wildman–Crippen LogP) is 4.27. The van der Waals surface area contributed by atoms with E-state index in [2.05, 4.69) is 40.6 Å². The number of rotatable bonds is 8. The number of hydrazine groups is 1. The van der Waals surface area contributed by atoms with E-state index in [0.717, 1.165) is 12.0 Å². The molecule has 0 radical (unpaired) electrons. The molecule has 0 aliphatic rings. The smallest absolute Gasteiger partial charge is 0.269 e. The second-order valence-electron chi connectivity index (χ2n) is 6.66. The average molecular weight is 433 g/mol. The van der Waals surface area contributed by atoms with Gasteiger partial charge >= 0.3 is 0 Å². The van der Waals surface area contributed by atoms with Gasteiger partial charge in [-0.2, -0.15) is 0 Å². The standard InChI is InChI=1S/C21H25BrN2O3/c1-15(2)12-13-27-19-10-9-17(14-18(19)22)21(26)24-23-20(25)11-8-16-6-4-3-5-7-16/h3-7,9-10,14-15H,8,11-13H2,1-2H3,(H,23,25)(H,24,26). The molecule has 0 aliphatic carbocycles. The summed E-state index contributed by atoms with van der Waals surface area (Å²) in [6.07, 6.45) is 1.89. The minimum atomic E-state index is -0.377. The van der Waals surface area contributed by atoms with Crippen molar-refractivity contribution in [1.82, 2.24) is 10.9 Å². The summed E-state index contributed by atoms with van der Waals surface area (Å²) >= 11 is 3.42. The molecular weight excluding hydrogens is 408 g/mol. The first-order valence-corrected chi connectivity index (χ1v) is 9.80. The van der Waals surface area contributed by atoms with Gasteiger partial charge in [-0.1, -0.05) is 44.2 Å². The fourth-order valence-electron chi connectivity index (χ4n) is 2.33. The maximum atomic E-state index is 12.2. The van der Waals surface area contributed by atoms with Crippen molar-refractivity contribution < 1.29 is 14.3 Å². The van der Waals surface area contributed by atoms with Gasteiger partial charge in [0, 0.05) is 12.0 Å². The van der Waals surface area contributed by atoms with E-state index in [4.69, 9.17) is 4.74 Å². The highest BCUT2D eigenvalue weighted by Gasteiger charge is 2.11. The molecule has 0 fully saturated rings. The Morgan fingerprint density at radius 2 is 1.81 bits per heavy atom. The lowest BCUT2D eigenvalue weighted by Gasteiger charge is -2.11. The van der Waals surface area contributed by atoms with E-state index < -0.39 is 0 Å². The van der Waals surface area contributed by atoms with Gasteiger partial charge < -0.3 is 4.74 Å². The molecule has 0 saturated carbocycles. The summed E-state index contributed by atoms with van der Waals surface area (Å²) in [5.41, 5.74) is 6.40. The molecule has 0 aliphatic heterocycles. The van der Waals surface area contributed by atoms with E-state index in [-0.39, 0.29) is 11.8 Å². The SMILES string of the molecule is CC(C)CCOc1ccc(C(=O)NNC(=O)CCc2ccccc2)cc1Br. The van der Waals surface area contributed by atoms with Crippen LogP contribution in [0.1, 0.15) is 42.6 Å². The quantitative estimate of drug-likeness (QED) is 0.612. The van der Waals surface area contributed by atoms with Crippen LogP contribution < -0.4 is 15.6 Å². The molecule has 0 bridgehead atoms. The van der Waals surface area contributed by atoms with Crippen LogP contribution >= 0.6 is 15.9 Å². The van der Waals surface area contributed by atoms with Gasteiger partial charge in [0.15, 0.2) is 0 Å². The van der Waals surface area contributed by atoms with Crippen LogP contribution in [0.15, 0.2) is 53.0 Å². The number of ether oxygens (including phenoxy) is 1. The number of aryl methyl sites for hydroxylation is 1. The van der Waals surface area contributed by atoms with Crippen molar-refractivity contribution in [1.29, 1.82) is 0 Å². The van der Waals surface area contributed by atoms with Crippen LogP contribution in [0, 0.1) is 5.92 Å². The number of carbonyl (C=O) groups excluding carboxylic acids is 2. The summed E-state index contributed by atoms with van der Waals surface area (Å²) in [5.74, 6) is 0.649. The van der Waals surface area contributed by atoms with Crippen LogP contribution in [0.2, 0.25) is 0 Å². The lowest BCUT2D eigenvalue weighted by molar-refractivity contribution is -0.121. The summed E-state index contributed by atoms with van der Waals surface area (Å²) in [7, 11) is 0. The number of benzene rings is 2. The molecule has 0 heterocycles. The van der Waals surface area contributed by atoms with Crippen LogP contribution in [0.4, 0.5) is 0 Å². The zero-order valence-corrected chi connectivity index (χ0v) is 17.2. The van der Waals surface area contributed by atoms with E-state index >= 15 is 0 Å². The molecule has 2 amide bonds. The average Bonchev–Trinajstić information content (AvgIpc) is 2.66. The van der Waals surface area contributed by atoms with E-state index in [1.54, 1.807) is 18.2 Å². The lowest BCUT2D eigenvalue weighted by atomic mass is 10.1. The second-order valence-corrected chi connectivity index (χ2v) is 7.52. The van der Waals surface area contributed by atoms with Gasteiger partial charge in [-0.25, -0.2) is 0 Å². The van der Waals surface area contributed by atoms with Crippen molar-refractivity contribution in [2.45, 2.75) is 33.1 Å². The highest BCUT2D eigenvalue weighted by Crippen LogP contribution is 2.26. The van der Waals surface area contributed by atoms with Crippen molar-refractivity contribution in [3.05, 3.63) is 64.1 Å². The summed E-state index contributed by atoms with van der Waals surface area (Å²) < 4.78 is 6.41. The monoisotopic (exact) mass is 432 g/mol. The molecular formula is C21H25BrN2O3. The highest BCUT2D eigenvalue weighted by molar-refractivity contribution is 9.10. The first-order chi connectivity index (χ1) is 13.0. The molecule has 144 valence electrons. The Kier molecular flexibility index (Phi) is 8.33. The Morgan fingerprint density at radius 3 is 2.48 bits per heavy atom. The third-order valence-corrected chi connectivity index (χ3v) is 4.57. The minimum Gasteiger partial charge on any atom is -0.492 e. The van der Waals surface area contributed by atoms with Gasteiger partial charge in [0.1, 0.15) is 5.75 Å². The molecule has 27 heavy (non-hydrogen) atoms. The van der Waals surface area contributed by atoms with Crippen molar-refractivity contribution in [3.8, 4) is 5.75 Å². The van der Waals surface area contributed by atoms with Crippen molar-refractivity contribution in [2.75, 3.05) is 6.61 Å². The van der Waals surface area contributed by atoms with Gasteiger partial charge in [0.25, 0.3) is 5.91 Å². The summed E-state index contributed by atoms with van der Waals surface area (Å²) in [6.45, 7) is 4.90. The molecule has 5 nitrogen and oxygen atoms in total. The predicted molar refractivity (Wildman–Crippen MR) is 109 cm³/mol. The van der Waals surface area contributed by atoms with Crippen molar-refractivity contribution in [2.24, 2.45) is 5.92 Å². The topological polar surface area (TPSA) is 67.4 Å². The van der Waals surface area contributed by atoms with Crippen LogP contribution in [0.25, 0.3) is 0 Å². The zero-order chi connectivity index (χ0) is 19.6. The maximum absolute atomic E-state index is 12.2. The number of nitrogens with one attached hydrogen (secondary N) is 2. The third-order valence-electron chi connectivity index (χ3n) is 3.95. The second kappa shape index (κ2) is 10.7. The van der Waals surface area contributed by atoms with Gasteiger partial charge in [-0.05, 0) is 58.5 Å². The summed E-state index contributed by atoms with van der Waals surface area (Å²) in [4.78, 5) is 24.1. The summed E-state index contributed by atoms with van der Waals surface area (Å²) in [6, 6.07) is 14.8. The molecule has 0 aromatic heterocycles. The highest BCUT2D eigenvalue weighted by atomic mass is 79.9. The van der Waals surface area contributed by atoms with E-state index in [9.17, 15) is 9.59 Å². The molecule has 0 saturated heterocycles. The Labute approximate surface area is 168 Å². The fraction of sp³-hybridized carbons (Fsp3) is 0.333. The number of halogens is 1. The minimum absolute atomic E-state index is 0.236. The Hall–Kier alpha value is -2.34. The molecule has 2 rings (SSSR count). The Balaban J connectivity index is 1.79. The van der Waals surface area contributed by atoms with E-state index in [1.165, 1.54) is 0 Å². The molecule has 2 N–H and O–H groups in total. The zero-order valence-electron chi connectivity index (χ0n) is 15.6. The Morgan fingerprint density at radius 1 is 1.07 bits per heavy atom. The summed E-state index contributed by atoms with van der Waals surface area (Å²) in [5, 5.41) is 0. The van der Waals surface area contributed by atoms with Crippen LogP contribution in [-0.4, -0.2) is 18.4 Å². The molecule has 2 aromatic rings. The number of carbonyl (C=O) groups is 2. The number of hydrogen-bond donors (Lipinski definition) is 2. The lowest BCUT2D eigenvalue weighted by Crippen LogP contribution is -2.41. The van der Waals surface area contributed by atoms with Gasteiger partial charge in [-0.15, -0.1) is 0 Å². The third kappa shape index (κ3) is 7.43. The first-order valence-electron chi connectivity index (χ1n) is 9.01. The van der Waals surface area contributed by atoms with Crippen molar-refractivity contribution in [3.63, 3.8) is 0 Å². The van der Waals surface area contributed by atoms with E-state index in [0.29, 0.717) is 41.2 Å².